The van der Waals surface area contributed by atoms with Crippen LogP contribution in [0.1, 0.15) is 52.7 Å². The standard InChI is InChI=1S/C60H49N3/c1-58(2)53-36-50(51(37-54(53)59(3,4)60(58,5)6)44-33-34-49-47-23-14-13-21-45(47)46-22-15-16-24-48(46)52(49)35-44)40-27-31-43(32-28-40)57-62-55(41-19-11-8-12-20-41)61-56(63-57)42-29-25-39(26-30-42)38-17-9-7-10-18-38/h7-37H,1-6H3. The minimum absolute atomic E-state index is 0.0231. The molecule has 1 heterocycles. The van der Waals surface area contributed by atoms with Crippen molar-refractivity contribution in [1.29, 1.82) is 0 Å². The molecule has 0 fully saturated rings. The van der Waals surface area contributed by atoms with E-state index < -0.39 is 0 Å². The van der Waals surface area contributed by atoms with Crippen LogP contribution in [0.5, 0.6) is 0 Å². The van der Waals surface area contributed by atoms with E-state index in [-0.39, 0.29) is 16.2 Å². The third-order valence-electron chi connectivity index (χ3n) is 15.1. The van der Waals surface area contributed by atoms with Crippen molar-refractivity contribution in [3.05, 3.63) is 199 Å². The average Bonchev–Trinajstić information content (AvgIpc) is 3.44. The smallest absolute Gasteiger partial charge is 0.164 e. The maximum absolute atomic E-state index is 5.12. The number of aromatic nitrogens is 3. The van der Waals surface area contributed by atoms with Crippen LogP contribution in [0, 0.1) is 5.41 Å². The Kier molecular flexibility index (Phi) is 8.86. The van der Waals surface area contributed by atoms with Gasteiger partial charge in [0.2, 0.25) is 0 Å². The number of nitrogens with zero attached hydrogens (tertiary/aromatic N) is 3. The zero-order chi connectivity index (χ0) is 43.1. The lowest BCUT2D eigenvalue weighted by Crippen LogP contribution is -2.42. The van der Waals surface area contributed by atoms with Crippen LogP contribution in [0.2, 0.25) is 0 Å². The summed E-state index contributed by atoms with van der Waals surface area (Å²) in [7, 11) is 0. The highest BCUT2D eigenvalue weighted by Crippen LogP contribution is 2.62. The maximum Gasteiger partial charge on any atom is 0.164 e. The first-order valence-electron chi connectivity index (χ1n) is 22.1. The average molecular weight is 812 g/mol. The third-order valence-corrected chi connectivity index (χ3v) is 15.1. The Labute approximate surface area is 370 Å². The minimum Gasteiger partial charge on any atom is -0.208 e. The lowest BCUT2D eigenvalue weighted by atomic mass is 9.59. The van der Waals surface area contributed by atoms with Gasteiger partial charge in [-0.3, -0.25) is 0 Å². The van der Waals surface area contributed by atoms with Crippen molar-refractivity contribution in [2.75, 3.05) is 0 Å². The van der Waals surface area contributed by atoms with Gasteiger partial charge in [-0.1, -0.05) is 211 Å². The molecule has 0 saturated carbocycles. The predicted molar refractivity (Wildman–Crippen MR) is 265 cm³/mol. The largest absolute Gasteiger partial charge is 0.208 e. The quantitative estimate of drug-likeness (QED) is 0.157. The van der Waals surface area contributed by atoms with E-state index in [0.717, 1.165) is 27.8 Å². The number of benzene rings is 9. The molecule has 3 nitrogen and oxygen atoms in total. The van der Waals surface area contributed by atoms with Crippen molar-refractivity contribution < 1.29 is 0 Å². The van der Waals surface area contributed by atoms with Gasteiger partial charge in [0.1, 0.15) is 0 Å². The molecule has 1 aliphatic rings. The molecule has 1 aliphatic carbocycles. The summed E-state index contributed by atoms with van der Waals surface area (Å²) in [5, 5.41) is 7.70. The molecule has 0 spiro atoms. The molecule has 0 unspecified atom stereocenters. The molecule has 9 aromatic carbocycles. The van der Waals surface area contributed by atoms with Crippen LogP contribution in [0.3, 0.4) is 0 Å². The molecule has 0 saturated heterocycles. The van der Waals surface area contributed by atoms with Crippen LogP contribution in [-0.2, 0) is 10.8 Å². The Bertz CT molecular complexity index is 3350. The van der Waals surface area contributed by atoms with Gasteiger partial charge >= 0.3 is 0 Å². The maximum atomic E-state index is 5.12. The summed E-state index contributed by atoms with van der Waals surface area (Å²) in [6.07, 6.45) is 0. The van der Waals surface area contributed by atoms with E-state index in [1.165, 1.54) is 65.7 Å². The summed E-state index contributed by atoms with van der Waals surface area (Å²) in [6.45, 7) is 14.6. The second-order valence-corrected chi connectivity index (χ2v) is 18.9. The summed E-state index contributed by atoms with van der Waals surface area (Å²) in [5.41, 5.74) is 12.8. The van der Waals surface area contributed by atoms with Gasteiger partial charge in [0.15, 0.2) is 17.5 Å². The first-order valence-corrected chi connectivity index (χ1v) is 22.1. The van der Waals surface area contributed by atoms with Gasteiger partial charge in [-0.25, -0.2) is 15.0 Å². The topological polar surface area (TPSA) is 38.7 Å². The summed E-state index contributed by atoms with van der Waals surface area (Å²) in [5.74, 6) is 1.94. The fourth-order valence-corrected chi connectivity index (χ4v) is 10.2. The highest BCUT2D eigenvalue weighted by Gasteiger charge is 2.57. The molecule has 0 aliphatic heterocycles. The molecular weight excluding hydrogens is 763 g/mol. The van der Waals surface area contributed by atoms with E-state index >= 15 is 0 Å². The first-order chi connectivity index (χ1) is 30.5. The van der Waals surface area contributed by atoms with Gasteiger partial charge in [0, 0.05) is 16.7 Å². The van der Waals surface area contributed by atoms with Gasteiger partial charge in [-0.15, -0.1) is 0 Å². The van der Waals surface area contributed by atoms with E-state index in [1.54, 1.807) is 0 Å². The number of hydrogen-bond donors (Lipinski definition) is 0. The van der Waals surface area contributed by atoms with Crippen molar-refractivity contribution in [2.24, 2.45) is 5.41 Å². The van der Waals surface area contributed by atoms with Crippen molar-refractivity contribution in [3.63, 3.8) is 0 Å². The van der Waals surface area contributed by atoms with Crippen molar-refractivity contribution >= 4 is 32.3 Å². The van der Waals surface area contributed by atoms with Crippen LogP contribution in [0.25, 0.3) is 99.9 Å². The molecule has 0 atom stereocenters. The molecule has 0 amide bonds. The molecule has 1 aromatic heterocycles. The Hall–Kier alpha value is -7.23. The predicted octanol–water partition coefficient (Wildman–Crippen LogP) is 15.9. The molecule has 11 rings (SSSR count). The summed E-state index contributed by atoms with van der Waals surface area (Å²) < 4.78 is 0. The van der Waals surface area contributed by atoms with E-state index in [9.17, 15) is 0 Å². The van der Waals surface area contributed by atoms with Crippen LogP contribution in [-0.4, -0.2) is 15.0 Å². The molecule has 63 heavy (non-hydrogen) atoms. The minimum atomic E-state index is -0.0496. The Morgan fingerprint density at radius 1 is 0.270 bits per heavy atom. The van der Waals surface area contributed by atoms with Crippen LogP contribution in [0.4, 0.5) is 0 Å². The Morgan fingerprint density at radius 3 is 1.06 bits per heavy atom. The molecule has 304 valence electrons. The molecule has 0 radical (unpaired) electrons. The van der Waals surface area contributed by atoms with Crippen molar-refractivity contribution in [1.82, 2.24) is 15.0 Å². The second kappa shape index (κ2) is 14.4. The SMILES string of the molecule is CC1(C)c2cc(-c3ccc(-c4nc(-c5ccccc5)nc(-c5ccc(-c6ccccc6)cc5)n4)cc3)c(-c3ccc4c5ccccc5c5ccccc5c4c3)cc2C(C)(C)C1(C)C. The van der Waals surface area contributed by atoms with Crippen molar-refractivity contribution in [2.45, 2.75) is 52.4 Å². The monoisotopic (exact) mass is 811 g/mol. The molecular formula is C60H49N3. The van der Waals surface area contributed by atoms with Crippen LogP contribution < -0.4 is 0 Å². The highest BCUT2D eigenvalue weighted by atomic mass is 15.0. The second-order valence-electron chi connectivity index (χ2n) is 18.9. The van der Waals surface area contributed by atoms with Gasteiger partial charge < -0.3 is 0 Å². The molecule has 0 N–H and O–H groups in total. The van der Waals surface area contributed by atoms with Crippen LogP contribution >= 0.6 is 0 Å². The highest BCUT2D eigenvalue weighted by molar-refractivity contribution is 6.25. The Balaban J connectivity index is 1.07. The van der Waals surface area contributed by atoms with Gasteiger partial charge in [-0.05, 0) is 111 Å². The number of fused-ring (bicyclic) bond motifs is 7. The lowest BCUT2D eigenvalue weighted by molar-refractivity contribution is 0.125. The Morgan fingerprint density at radius 2 is 0.587 bits per heavy atom. The zero-order valence-corrected chi connectivity index (χ0v) is 36.7. The number of hydrogen-bond acceptors (Lipinski definition) is 3. The molecule has 3 heteroatoms. The number of rotatable bonds is 6. The molecule has 0 bridgehead atoms. The fraction of sp³-hybridized carbons (Fsp3) is 0.150. The summed E-state index contributed by atoms with van der Waals surface area (Å²) in [4.78, 5) is 15.2. The van der Waals surface area contributed by atoms with Gasteiger partial charge in [0.25, 0.3) is 0 Å². The van der Waals surface area contributed by atoms with Crippen molar-refractivity contribution in [3.8, 4) is 67.5 Å². The fourth-order valence-electron chi connectivity index (χ4n) is 10.2. The normalized spacial score (nSPS) is 14.9. The molecule has 10 aromatic rings. The van der Waals surface area contributed by atoms with Gasteiger partial charge in [-0.2, -0.15) is 0 Å². The van der Waals surface area contributed by atoms with E-state index in [4.69, 9.17) is 15.0 Å². The first kappa shape index (κ1) is 38.7. The van der Waals surface area contributed by atoms with Gasteiger partial charge in [0.05, 0.1) is 0 Å². The van der Waals surface area contributed by atoms with E-state index in [2.05, 4.69) is 205 Å². The third kappa shape index (κ3) is 6.13. The zero-order valence-electron chi connectivity index (χ0n) is 36.7. The summed E-state index contributed by atoms with van der Waals surface area (Å²) >= 11 is 0. The summed E-state index contributed by atoms with van der Waals surface area (Å²) in [6, 6.07) is 67.8. The lowest BCUT2D eigenvalue weighted by Gasteiger charge is -2.44. The van der Waals surface area contributed by atoms with Crippen LogP contribution in [0.15, 0.2) is 188 Å². The van der Waals surface area contributed by atoms with E-state index in [0.29, 0.717) is 17.5 Å². The van der Waals surface area contributed by atoms with E-state index in [1.807, 2.05) is 24.3 Å².